The Balaban J connectivity index is 3.35. The molecule has 0 radical (unpaired) electrons. The molecule has 0 aromatic heterocycles. The molecule has 0 unspecified atom stereocenters. The number of nitrogens with zero attached hydrogens (tertiary/aromatic N) is 1. The van der Waals surface area contributed by atoms with Crippen molar-refractivity contribution in [3.05, 3.63) is 38.9 Å². The molecular weight excluding hydrogens is 178 g/mol. The van der Waals surface area contributed by atoms with Gasteiger partial charge in [0.15, 0.2) is 0 Å². The summed E-state index contributed by atoms with van der Waals surface area (Å²) in [4.78, 5) is 10.3. The van der Waals surface area contributed by atoms with Gasteiger partial charge in [-0.3, -0.25) is 10.1 Å². The highest BCUT2D eigenvalue weighted by Gasteiger charge is 2.13. The van der Waals surface area contributed by atoms with Crippen LogP contribution in [0.15, 0.2) is 12.1 Å². The topological polar surface area (TPSA) is 43.1 Å². The first-order valence-corrected chi connectivity index (χ1v) is 4.69. The van der Waals surface area contributed by atoms with Crippen molar-refractivity contribution in [3.63, 3.8) is 0 Å². The highest BCUT2D eigenvalue weighted by atomic mass is 16.6. The Labute approximate surface area is 83.9 Å². The van der Waals surface area contributed by atoms with Crippen molar-refractivity contribution in [3.8, 4) is 0 Å². The molecule has 0 atom stereocenters. The van der Waals surface area contributed by atoms with E-state index in [2.05, 4.69) is 0 Å². The SMILES string of the molecule is Cc1cc([N+](=O)[O-])cc(C(C)C)c1C. The number of hydrogen-bond donors (Lipinski definition) is 0. The van der Waals surface area contributed by atoms with Crippen LogP contribution in [0.4, 0.5) is 5.69 Å². The molecule has 0 saturated heterocycles. The zero-order valence-corrected chi connectivity index (χ0v) is 9.00. The van der Waals surface area contributed by atoms with E-state index >= 15 is 0 Å². The van der Waals surface area contributed by atoms with Crippen molar-refractivity contribution in [1.29, 1.82) is 0 Å². The molecule has 3 heteroatoms. The lowest BCUT2D eigenvalue weighted by Crippen LogP contribution is -1.98. The Morgan fingerprint density at radius 1 is 1.29 bits per heavy atom. The van der Waals surface area contributed by atoms with E-state index < -0.39 is 0 Å². The summed E-state index contributed by atoms with van der Waals surface area (Å²) in [6.45, 7) is 8.01. The monoisotopic (exact) mass is 193 g/mol. The van der Waals surface area contributed by atoms with Gasteiger partial charge < -0.3 is 0 Å². The first kappa shape index (κ1) is 10.7. The van der Waals surface area contributed by atoms with Crippen LogP contribution in [0.1, 0.15) is 36.5 Å². The van der Waals surface area contributed by atoms with E-state index in [1.807, 2.05) is 27.7 Å². The maximum absolute atomic E-state index is 10.6. The highest BCUT2D eigenvalue weighted by Crippen LogP contribution is 2.26. The summed E-state index contributed by atoms with van der Waals surface area (Å²) in [6.07, 6.45) is 0. The summed E-state index contributed by atoms with van der Waals surface area (Å²) in [6, 6.07) is 3.30. The quantitative estimate of drug-likeness (QED) is 0.534. The van der Waals surface area contributed by atoms with Crippen molar-refractivity contribution >= 4 is 5.69 Å². The maximum Gasteiger partial charge on any atom is 0.269 e. The van der Waals surface area contributed by atoms with Gasteiger partial charge in [0.05, 0.1) is 4.92 Å². The number of nitro groups is 1. The molecule has 0 N–H and O–H groups in total. The van der Waals surface area contributed by atoms with E-state index in [9.17, 15) is 10.1 Å². The lowest BCUT2D eigenvalue weighted by molar-refractivity contribution is -0.385. The summed E-state index contributed by atoms with van der Waals surface area (Å²) in [5.41, 5.74) is 3.40. The standard InChI is InChI=1S/C11H15NO2/c1-7(2)11-6-10(12(13)14)5-8(3)9(11)4/h5-7H,1-4H3. The maximum atomic E-state index is 10.6. The average Bonchev–Trinajstić information content (AvgIpc) is 2.08. The van der Waals surface area contributed by atoms with Gasteiger partial charge in [-0.05, 0) is 36.5 Å². The Kier molecular flexibility index (Phi) is 2.89. The van der Waals surface area contributed by atoms with Gasteiger partial charge in [-0.25, -0.2) is 0 Å². The zero-order valence-electron chi connectivity index (χ0n) is 9.00. The van der Waals surface area contributed by atoms with Crippen LogP contribution in [-0.2, 0) is 0 Å². The van der Waals surface area contributed by atoms with Crippen LogP contribution in [0.2, 0.25) is 0 Å². The largest absolute Gasteiger partial charge is 0.269 e. The molecule has 0 spiro atoms. The third-order valence-electron chi connectivity index (χ3n) is 2.53. The Morgan fingerprint density at radius 3 is 2.29 bits per heavy atom. The van der Waals surface area contributed by atoms with Crippen LogP contribution in [0.5, 0.6) is 0 Å². The summed E-state index contributed by atoms with van der Waals surface area (Å²) < 4.78 is 0. The third-order valence-corrected chi connectivity index (χ3v) is 2.53. The minimum atomic E-state index is -0.335. The van der Waals surface area contributed by atoms with Crippen LogP contribution in [0, 0.1) is 24.0 Å². The second kappa shape index (κ2) is 3.78. The van der Waals surface area contributed by atoms with Gasteiger partial charge in [0.1, 0.15) is 0 Å². The van der Waals surface area contributed by atoms with E-state index in [4.69, 9.17) is 0 Å². The molecule has 0 saturated carbocycles. The smallest absolute Gasteiger partial charge is 0.258 e. The molecule has 0 aliphatic heterocycles. The predicted octanol–water partition coefficient (Wildman–Crippen LogP) is 3.34. The molecular formula is C11H15NO2. The molecule has 0 aliphatic carbocycles. The van der Waals surface area contributed by atoms with Gasteiger partial charge in [-0.1, -0.05) is 13.8 Å². The summed E-state index contributed by atoms with van der Waals surface area (Å²) in [5, 5.41) is 10.6. The van der Waals surface area contributed by atoms with Gasteiger partial charge in [0.2, 0.25) is 0 Å². The number of rotatable bonds is 2. The van der Waals surface area contributed by atoms with Gasteiger partial charge in [-0.2, -0.15) is 0 Å². The number of hydrogen-bond acceptors (Lipinski definition) is 2. The van der Waals surface area contributed by atoms with Crippen molar-refractivity contribution in [2.75, 3.05) is 0 Å². The number of aryl methyl sites for hydroxylation is 1. The lowest BCUT2D eigenvalue weighted by atomic mass is 9.94. The Hall–Kier alpha value is -1.38. The molecule has 14 heavy (non-hydrogen) atoms. The van der Waals surface area contributed by atoms with Crippen LogP contribution < -0.4 is 0 Å². The van der Waals surface area contributed by atoms with E-state index in [0.29, 0.717) is 5.92 Å². The highest BCUT2D eigenvalue weighted by molar-refractivity contribution is 5.45. The summed E-state index contributed by atoms with van der Waals surface area (Å²) in [5.74, 6) is 0.327. The molecule has 1 aromatic carbocycles. The Bertz CT molecular complexity index is 370. The molecule has 0 bridgehead atoms. The molecule has 0 amide bonds. The second-order valence-corrected chi connectivity index (χ2v) is 3.89. The van der Waals surface area contributed by atoms with E-state index in [0.717, 1.165) is 16.7 Å². The number of benzene rings is 1. The van der Waals surface area contributed by atoms with E-state index in [-0.39, 0.29) is 10.6 Å². The first-order valence-electron chi connectivity index (χ1n) is 4.69. The van der Waals surface area contributed by atoms with Crippen molar-refractivity contribution < 1.29 is 4.92 Å². The minimum Gasteiger partial charge on any atom is -0.258 e. The fourth-order valence-electron chi connectivity index (χ4n) is 1.57. The van der Waals surface area contributed by atoms with Gasteiger partial charge in [0.25, 0.3) is 5.69 Å². The molecule has 76 valence electrons. The second-order valence-electron chi connectivity index (χ2n) is 3.89. The number of non-ortho nitro benzene ring substituents is 1. The van der Waals surface area contributed by atoms with Crippen LogP contribution >= 0.6 is 0 Å². The first-order chi connectivity index (χ1) is 6.43. The molecule has 1 aromatic rings. The van der Waals surface area contributed by atoms with E-state index in [1.165, 1.54) is 0 Å². The minimum absolute atomic E-state index is 0.191. The molecule has 3 nitrogen and oxygen atoms in total. The number of nitro benzene ring substituents is 1. The average molecular weight is 193 g/mol. The molecule has 0 heterocycles. The van der Waals surface area contributed by atoms with Crippen LogP contribution in [0.3, 0.4) is 0 Å². The zero-order chi connectivity index (χ0) is 10.9. The fraction of sp³-hybridized carbons (Fsp3) is 0.455. The summed E-state index contributed by atoms with van der Waals surface area (Å²) >= 11 is 0. The summed E-state index contributed by atoms with van der Waals surface area (Å²) in [7, 11) is 0. The van der Waals surface area contributed by atoms with Crippen LogP contribution in [-0.4, -0.2) is 4.92 Å². The molecule has 0 fully saturated rings. The predicted molar refractivity (Wildman–Crippen MR) is 56.7 cm³/mol. The molecule has 1 rings (SSSR count). The third kappa shape index (κ3) is 1.92. The van der Waals surface area contributed by atoms with Crippen LogP contribution in [0.25, 0.3) is 0 Å². The lowest BCUT2D eigenvalue weighted by Gasteiger charge is -2.11. The van der Waals surface area contributed by atoms with Crippen molar-refractivity contribution in [1.82, 2.24) is 0 Å². The normalized spacial score (nSPS) is 10.6. The molecule has 0 aliphatic rings. The van der Waals surface area contributed by atoms with Gasteiger partial charge in [0, 0.05) is 12.1 Å². The van der Waals surface area contributed by atoms with E-state index in [1.54, 1.807) is 12.1 Å². The van der Waals surface area contributed by atoms with Crippen molar-refractivity contribution in [2.45, 2.75) is 33.6 Å². The van der Waals surface area contributed by atoms with Gasteiger partial charge >= 0.3 is 0 Å². The Morgan fingerprint density at radius 2 is 1.86 bits per heavy atom. The fourth-order valence-corrected chi connectivity index (χ4v) is 1.57. The van der Waals surface area contributed by atoms with Crippen molar-refractivity contribution in [2.24, 2.45) is 0 Å². The van der Waals surface area contributed by atoms with Gasteiger partial charge in [-0.15, -0.1) is 0 Å².